The van der Waals surface area contributed by atoms with Crippen molar-refractivity contribution in [2.24, 2.45) is 5.92 Å². The topological polar surface area (TPSA) is 36.4 Å². The molecule has 0 N–H and O–H groups in total. The van der Waals surface area contributed by atoms with Crippen LogP contribution in [-0.4, -0.2) is 42.0 Å². The van der Waals surface area contributed by atoms with Gasteiger partial charge in [-0.2, -0.15) is 0 Å². The molecule has 0 radical (unpaired) electrons. The Kier molecular flexibility index (Phi) is 5.74. The third-order valence-electron chi connectivity index (χ3n) is 7.50. The van der Waals surface area contributed by atoms with Crippen LogP contribution in [0.25, 0.3) is 0 Å². The van der Waals surface area contributed by atoms with E-state index in [0.717, 1.165) is 39.0 Å². The lowest BCUT2D eigenvalue weighted by atomic mass is 9.86. The first-order valence-corrected chi connectivity index (χ1v) is 11.8. The van der Waals surface area contributed by atoms with Crippen molar-refractivity contribution >= 4 is 11.6 Å². The molecule has 2 aromatic rings. The van der Waals surface area contributed by atoms with Crippen LogP contribution < -0.4 is 4.90 Å². The van der Waals surface area contributed by atoms with Crippen molar-refractivity contribution in [1.29, 1.82) is 0 Å². The van der Waals surface area contributed by atoms with Gasteiger partial charge in [0.05, 0.1) is 0 Å². The lowest BCUT2D eigenvalue weighted by molar-refractivity contribution is -0.131. The smallest absolute Gasteiger partial charge is 0.222 e. The van der Waals surface area contributed by atoms with Crippen LogP contribution in [0.1, 0.15) is 67.9 Å². The Hall–Kier alpha value is -2.36. The van der Waals surface area contributed by atoms with Crippen LogP contribution >= 0.6 is 0 Å². The zero-order valence-corrected chi connectivity index (χ0v) is 17.9. The molecule has 4 heteroatoms. The van der Waals surface area contributed by atoms with Crippen molar-refractivity contribution < 1.29 is 4.79 Å². The van der Waals surface area contributed by atoms with E-state index in [4.69, 9.17) is 0 Å². The number of anilines is 1. The molecule has 3 fully saturated rings. The summed E-state index contributed by atoms with van der Waals surface area (Å²) in [5.41, 5.74) is 4.03. The number of rotatable bonds is 5. The lowest BCUT2D eigenvalue weighted by Gasteiger charge is -2.41. The Bertz CT molecular complexity index is 838. The fourth-order valence-corrected chi connectivity index (χ4v) is 5.50. The van der Waals surface area contributed by atoms with Crippen LogP contribution in [0.4, 0.5) is 5.69 Å². The Morgan fingerprint density at radius 1 is 0.900 bits per heavy atom. The van der Waals surface area contributed by atoms with Gasteiger partial charge in [0.15, 0.2) is 0 Å². The maximum absolute atomic E-state index is 12.7. The number of carbonyl (C=O) groups is 1. The zero-order chi connectivity index (χ0) is 20.3. The molecule has 1 amide bonds. The van der Waals surface area contributed by atoms with Gasteiger partial charge < -0.3 is 9.80 Å². The molecule has 1 aromatic heterocycles. The number of likely N-dealkylation sites (tertiary alicyclic amines) is 1. The first-order valence-electron chi connectivity index (χ1n) is 11.8. The van der Waals surface area contributed by atoms with Gasteiger partial charge in [0.25, 0.3) is 0 Å². The number of hydrogen-bond donors (Lipinski definition) is 0. The summed E-state index contributed by atoms with van der Waals surface area (Å²) in [6.07, 6.45) is 12.2. The molecule has 30 heavy (non-hydrogen) atoms. The molecule has 5 rings (SSSR count). The highest BCUT2D eigenvalue weighted by Crippen LogP contribution is 2.34. The third kappa shape index (κ3) is 4.23. The number of nitrogens with zero attached hydrogens (tertiary/aromatic N) is 3. The van der Waals surface area contributed by atoms with E-state index in [1.807, 2.05) is 18.5 Å². The third-order valence-corrected chi connectivity index (χ3v) is 7.50. The maximum atomic E-state index is 12.7. The first-order chi connectivity index (χ1) is 14.8. The summed E-state index contributed by atoms with van der Waals surface area (Å²) >= 11 is 0. The minimum atomic E-state index is 0.392. The summed E-state index contributed by atoms with van der Waals surface area (Å²) in [6, 6.07) is 13.3. The van der Waals surface area contributed by atoms with Crippen LogP contribution in [0.15, 0.2) is 48.8 Å². The molecule has 3 aliphatic rings. The number of aromatic nitrogens is 1. The normalized spacial score (nSPS) is 22.9. The van der Waals surface area contributed by atoms with Crippen molar-refractivity contribution in [3.05, 3.63) is 59.9 Å². The molecule has 1 unspecified atom stereocenters. The molecule has 0 bridgehead atoms. The van der Waals surface area contributed by atoms with Crippen LogP contribution in [0, 0.1) is 5.92 Å². The number of pyridine rings is 1. The molecular formula is C26H33N3O. The van der Waals surface area contributed by atoms with Crippen molar-refractivity contribution in [3.8, 4) is 0 Å². The average Bonchev–Trinajstić information content (AvgIpc) is 3.25. The molecule has 158 valence electrons. The minimum absolute atomic E-state index is 0.392. The van der Waals surface area contributed by atoms with Crippen LogP contribution in [0.2, 0.25) is 0 Å². The standard InChI is InChI=1S/C26H33N3O/c30-26(15-20-5-2-1-3-6-20)28-14-12-23(17-28)21-8-10-25(11-9-21)29-18-24(19-29)22-7-4-13-27-16-22/h4,7-11,13,16,20,23-24H,1-3,5-6,12,14-15,17-19H2. The Balaban J connectivity index is 1.12. The highest BCUT2D eigenvalue weighted by molar-refractivity contribution is 5.77. The van der Waals surface area contributed by atoms with E-state index in [1.54, 1.807) is 0 Å². The second-order valence-electron chi connectivity index (χ2n) is 9.51. The molecule has 0 spiro atoms. The predicted octanol–water partition coefficient (Wildman–Crippen LogP) is 4.97. The fourth-order valence-electron chi connectivity index (χ4n) is 5.50. The molecule has 1 aliphatic carbocycles. The maximum Gasteiger partial charge on any atom is 0.222 e. The van der Waals surface area contributed by atoms with E-state index in [1.165, 1.54) is 48.9 Å². The van der Waals surface area contributed by atoms with Gasteiger partial charge in [0, 0.05) is 62.5 Å². The number of benzene rings is 1. The number of amides is 1. The van der Waals surface area contributed by atoms with Crippen LogP contribution in [0.5, 0.6) is 0 Å². The molecule has 2 saturated heterocycles. The van der Waals surface area contributed by atoms with E-state index in [-0.39, 0.29) is 0 Å². The largest absolute Gasteiger partial charge is 0.370 e. The Labute approximate surface area is 180 Å². The molecule has 1 atom stereocenters. The van der Waals surface area contributed by atoms with Crippen LogP contribution in [0.3, 0.4) is 0 Å². The fraction of sp³-hybridized carbons (Fsp3) is 0.538. The van der Waals surface area contributed by atoms with Gasteiger partial charge in [0.2, 0.25) is 5.91 Å². The summed E-state index contributed by atoms with van der Waals surface area (Å²) in [5.74, 6) is 2.12. The minimum Gasteiger partial charge on any atom is -0.370 e. The molecular weight excluding hydrogens is 370 g/mol. The highest BCUT2D eigenvalue weighted by Gasteiger charge is 2.30. The lowest BCUT2D eigenvalue weighted by Crippen LogP contribution is -2.45. The molecule has 4 nitrogen and oxygen atoms in total. The zero-order valence-electron chi connectivity index (χ0n) is 17.9. The van der Waals surface area contributed by atoms with Gasteiger partial charge in [-0.1, -0.05) is 37.5 Å². The van der Waals surface area contributed by atoms with Gasteiger partial charge >= 0.3 is 0 Å². The molecule has 3 heterocycles. The van der Waals surface area contributed by atoms with E-state index in [2.05, 4.69) is 45.1 Å². The van der Waals surface area contributed by atoms with Crippen molar-refractivity contribution in [3.63, 3.8) is 0 Å². The second kappa shape index (κ2) is 8.79. The van der Waals surface area contributed by atoms with Crippen LogP contribution in [-0.2, 0) is 4.79 Å². The van der Waals surface area contributed by atoms with E-state index >= 15 is 0 Å². The Morgan fingerprint density at radius 2 is 1.70 bits per heavy atom. The summed E-state index contributed by atoms with van der Waals surface area (Å²) in [7, 11) is 0. The van der Waals surface area contributed by atoms with E-state index in [0.29, 0.717) is 23.7 Å². The highest BCUT2D eigenvalue weighted by atomic mass is 16.2. The second-order valence-corrected chi connectivity index (χ2v) is 9.51. The monoisotopic (exact) mass is 403 g/mol. The summed E-state index contributed by atoms with van der Waals surface area (Å²) in [4.78, 5) is 21.6. The van der Waals surface area contributed by atoms with E-state index < -0.39 is 0 Å². The van der Waals surface area contributed by atoms with Crippen molar-refractivity contribution in [1.82, 2.24) is 9.88 Å². The van der Waals surface area contributed by atoms with Gasteiger partial charge in [-0.05, 0) is 54.5 Å². The molecule has 2 aliphatic heterocycles. The van der Waals surface area contributed by atoms with Gasteiger partial charge in [-0.15, -0.1) is 0 Å². The van der Waals surface area contributed by atoms with Gasteiger partial charge in [-0.25, -0.2) is 0 Å². The van der Waals surface area contributed by atoms with Crippen molar-refractivity contribution in [2.45, 2.75) is 56.8 Å². The number of hydrogen-bond acceptors (Lipinski definition) is 3. The molecule has 1 saturated carbocycles. The van der Waals surface area contributed by atoms with Gasteiger partial charge in [0.1, 0.15) is 0 Å². The summed E-state index contributed by atoms with van der Waals surface area (Å²) < 4.78 is 0. The molecule has 1 aromatic carbocycles. The number of carbonyl (C=O) groups excluding carboxylic acids is 1. The summed E-state index contributed by atoms with van der Waals surface area (Å²) in [5, 5.41) is 0. The first kappa shape index (κ1) is 19.6. The van der Waals surface area contributed by atoms with Crippen molar-refractivity contribution in [2.75, 3.05) is 31.1 Å². The quantitative estimate of drug-likeness (QED) is 0.707. The average molecular weight is 404 g/mol. The SMILES string of the molecule is O=C(CC1CCCCC1)N1CCC(c2ccc(N3CC(c4cccnc4)C3)cc2)C1. The van der Waals surface area contributed by atoms with E-state index in [9.17, 15) is 4.79 Å². The van der Waals surface area contributed by atoms with Gasteiger partial charge in [-0.3, -0.25) is 9.78 Å². The summed E-state index contributed by atoms with van der Waals surface area (Å²) in [6.45, 7) is 3.96. The predicted molar refractivity (Wildman–Crippen MR) is 121 cm³/mol. The Morgan fingerprint density at radius 3 is 2.43 bits per heavy atom.